The summed E-state index contributed by atoms with van der Waals surface area (Å²) in [4.78, 5) is 2.34. The van der Waals surface area contributed by atoms with Gasteiger partial charge < -0.3 is 14.7 Å². The van der Waals surface area contributed by atoms with Crippen molar-refractivity contribution in [2.24, 2.45) is 0 Å². The summed E-state index contributed by atoms with van der Waals surface area (Å²) in [5.41, 5.74) is 2.52. The SMILES string of the molecule is CC(C)Oc1cc(N2CCC(O)CC2)ccc1C(C)(C)C. The number of hydrogen-bond acceptors (Lipinski definition) is 3. The normalized spacial score (nSPS) is 17.4. The molecular weight excluding hydrogens is 262 g/mol. The Morgan fingerprint density at radius 1 is 1.19 bits per heavy atom. The van der Waals surface area contributed by atoms with E-state index in [2.05, 4.69) is 57.7 Å². The molecule has 0 aromatic heterocycles. The summed E-state index contributed by atoms with van der Waals surface area (Å²) in [7, 11) is 0. The third kappa shape index (κ3) is 4.13. The summed E-state index contributed by atoms with van der Waals surface area (Å²) in [5.74, 6) is 0.987. The van der Waals surface area contributed by atoms with E-state index in [1.165, 1.54) is 11.3 Å². The first-order valence-electron chi connectivity index (χ1n) is 8.01. The van der Waals surface area contributed by atoms with Crippen LogP contribution in [0.1, 0.15) is 53.0 Å². The van der Waals surface area contributed by atoms with Gasteiger partial charge in [0.25, 0.3) is 0 Å². The Morgan fingerprint density at radius 2 is 1.81 bits per heavy atom. The van der Waals surface area contributed by atoms with E-state index in [0.29, 0.717) is 0 Å². The van der Waals surface area contributed by atoms with Crippen LogP contribution < -0.4 is 9.64 Å². The van der Waals surface area contributed by atoms with Crippen LogP contribution in [-0.2, 0) is 5.41 Å². The lowest BCUT2D eigenvalue weighted by Crippen LogP contribution is -2.35. The van der Waals surface area contributed by atoms with E-state index in [4.69, 9.17) is 4.74 Å². The van der Waals surface area contributed by atoms with Crippen LogP contribution in [0, 0.1) is 0 Å². The number of aliphatic hydroxyl groups excluding tert-OH is 1. The molecule has 1 aliphatic rings. The lowest BCUT2D eigenvalue weighted by Gasteiger charge is -2.33. The molecule has 1 N–H and O–H groups in total. The fourth-order valence-electron chi connectivity index (χ4n) is 2.80. The number of hydrogen-bond donors (Lipinski definition) is 1. The van der Waals surface area contributed by atoms with E-state index in [1.54, 1.807) is 0 Å². The second-order valence-electron chi connectivity index (χ2n) is 7.32. The van der Waals surface area contributed by atoms with Crippen molar-refractivity contribution in [1.82, 2.24) is 0 Å². The van der Waals surface area contributed by atoms with Crippen molar-refractivity contribution in [2.45, 2.75) is 65.1 Å². The second-order valence-corrected chi connectivity index (χ2v) is 7.32. The van der Waals surface area contributed by atoms with Crippen LogP contribution in [0.25, 0.3) is 0 Å². The minimum absolute atomic E-state index is 0.0703. The van der Waals surface area contributed by atoms with Gasteiger partial charge in [-0.3, -0.25) is 0 Å². The molecule has 21 heavy (non-hydrogen) atoms. The molecule has 118 valence electrons. The molecule has 1 fully saturated rings. The number of benzene rings is 1. The standard InChI is InChI=1S/C18H29NO2/c1-13(2)21-17-12-14(6-7-16(17)18(3,4)5)19-10-8-15(20)9-11-19/h6-7,12-13,15,20H,8-11H2,1-5H3. The molecule has 0 unspecified atom stereocenters. The Labute approximate surface area is 128 Å². The van der Waals surface area contributed by atoms with E-state index in [-0.39, 0.29) is 17.6 Å². The molecule has 1 aromatic carbocycles. The lowest BCUT2D eigenvalue weighted by molar-refractivity contribution is 0.145. The monoisotopic (exact) mass is 291 g/mol. The Balaban J connectivity index is 2.28. The van der Waals surface area contributed by atoms with Gasteiger partial charge in [-0.15, -0.1) is 0 Å². The van der Waals surface area contributed by atoms with E-state index >= 15 is 0 Å². The van der Waals surface area contributed by atoms with E-state index < -0.39 is 0 Å². The third-order valence-electron chi connectivity index (χ3n) is 3.97. The van der Waals surface area contributed by atoms with Crippen LogP contribution in [0.15, 0.2) is 18.2 Å². The molecule has 0 saturated carbocycles. The summed E-state index contributed by atoms with van der Waals surface area (Å²) in [6.07, 6.45) is 1.73. The zero-order valence-corrected chi connectivity index (χ0v) is 14.0. The molecule has 0 radical (unpaired) electrons. The first kappa shape index (κ1) is 16.2. The van der Waals surface area contributed by atoms with Crippen molar-refractivity contribution >= 4 is 5.69 Å². The number of anilines is 1. The Morgan fingerprint density at radius 3 is 2.33 bits per heavy atom. The maximum atomic E-state index is 9.65. The van der Waals surface area contributed by atoms with Crippen molar-refractivity contribution in [1.29, 1.82) is 0 Å². The highest BCUT2D eigenvalue weighted by molar-refractivity contribution is 5.55. The van der Waals surface area contributed by atoms with Gasteiger partial charge >= 0.3 is 0 Å². The fraction of sp³-hybridized carbons (Fsp3) is 0.667. The predicted octanol–water partition coefficient (Wildman–Crippen LogP) is 3.73. The minimum atomic E-state index is -0.138. The molecule has 1 aromatic rings. The minimum Gasteiger partial charge on any atom is -0.491 e. The van der Waals surface area contributed by atoms with E-state index in [0.717, 1.165) is 31.7 Å². The highest BCUT2D eigenvalue weighted by atomic mass is 16.5. The predicted molar refractivity (Wildman–Crippen MR) is 88.4 cm³/mol. The number of ether oxygens (including phenoxy) is 1. The van der Waals surface area contributed by atoms with Gasteiger partial charge in [-0.05, 0) is 43.7 Å². The summed E-state index contributed by atoms with van der Waals surface area (Å²) in [5, 5.41) is 9.65. The molecule has 2 rings (SSSR count). The van der Waals surface area contributed by atoms with Gasteiger partial charge in [-0.1, -0.05) is 26.8 Å². The van der Waals surface area contributed by atoms with Crippen LogP contribution in [0.2, 0.25) is 0 Å². The van der Waals surface area contributed by atoms with Gasteiger partial charge in [-0.25, -0.2) is 0 Å². The molecular formula is C18H29NO2. The van der Waals surface area contributed by atoms with Crippen LogP contribution in [0.4, 0.5) is 5.69 Å². The van der Waals surface area contributed by atoms with Gasteiger partial charge in [0.05, 0.1) is 12.2 Å². The van der Waals surface area contributed by atoms with Crippen LogP contribution >= 0.6 is 0 Å². The average molecular weight is 291 g/mol. The molecule has 1 heterocycles. The smallest absolute Gasteiger partial charge is 0.125 e. The first-order chi connectivity index (χ1) is 9.77. The van der Waals surface area contributed by atoms with E-state index in [9.17, 15) is 5.11 Å². The average Bonchev–Trinajstić information content (AvgIpc) is 2.37. The Bertz CT molecular complexity index is 469. The van der Waals surface area contributed by atoms with Crippen LogP contribution in [0.3, 0.4) is 0 Å². The number of rotatable bonds is 3. The molecule has 1 saturated heterocycles. The van der Waals surface area contributed by atoms with Crippen molar-refractivity contribution < 1.29 is 9.84 Å². The van der Waals surface area contributed by atoms with Crippen molar-refractivity contribution in [3.63, 3.8) is 0 Å². The zero-order chi connectivity index (χ0) is 15.6. The third-order valence-corrected chi connectivity index (χ3v) is 3.97. The molecule has 0 spiro atoms. The highest BCUT2D eigenvalue weighted by Gasteiger charge is 2.22. The summed E-state index contributed by atoms with van der Waals surface area (Å²) < 4.78 is 6.05. The van der Waals surface area contributed by atoms with Gasteiger partial charge in [0, 0.05) is 24.8 Å². The lowest BCUT2D eigenvalue weighted by atomic mass is 9.86. The Hall–Kier alpha value is -1.22. The summed E-state index contributed by atoms with van der Waals surface area (Å²) in [6, 6.07) is 6.54. The van der Waals surface area contributed by atoms with Gasteiger partial charge in [0.1, 0.15) is 5.75 Å². The molecule has 0 bridgehead atoms. The largest absolute Gasteiger partial charge is 0.491 e. The van der Waals surface area contributed by atoms with Crippen molar-refractivity contribution in [3.05, 3.63) is 23.8 Å². The molecule has 0 aliphatic carbocycles. The summed E-state index contributed by atoms with van der Waals surface area (Å²) >= 11 is 0. The van der Waals surface area contributed by atoms with Gasteiger partial charge in [0.15, 0.2) is 0 Å². The number of aliphatic hydroxyl groups is 1. The Kier molecular flexibility index (Phi) is 4.82. The van der Waals surface area contributed by atoms with Crippen molar-refractivity contribution in [2.75, 3.05) is 18.0 Å². The van der Waals surface area contributed by atoms with Gasteiger partial charge in [0.2, 0.25) is 0 Å². The topological polar surface area (TPSA) is 32.7 Å². The maximum absolute atomic E-state index is 9.65. The molecule has 0 amide bonds. The number of nitrogens with zero attached hydrogens (tertiary/aromatic N) is 1. The molecule has 1 aliphatic heterocycles. The quantitative estimate of drug-likeness (QED) is 0.921. The van der Waals surface area contributed by atoms with Crippen molar-refractivity contribution in [3.8, 4) is 5.75 Å². The second kappa shape index (κ2) is 6.27. The molecule has 0 atom stereocenters. The zero-order valence-electron chi connectivity index (χ0n) is 14.0. The fourth-order valence-corrected chi connectivity index (χ4v) is 2.80. The first-order valence-corrected chi connectivity index (χ1v) is 8.01. The van der Waals surface area contributed by atoms with Crippen LogP contribution in [-0.4, -0.2) is 30.4 Å². The highest BCUT2D eigenvalue weighted by Crippen LogP contribution is 2.35. The molecule has 3 heteroatoms. The van der Waals surface area contributed by atoms with Gasteiger partial charge in [-0.2, -0.15) is 0 Å². The van der Waals surface area contributed by atoms with E-state index in [1.807, 2.05) is 0 Å². The number of piperidine rings is 1. The summed E-state index contributed by atoms with van der Waals surface area (Å²) in [6.45, 7) is 12.6. The molecule has 3 nitrogen and oxygen atoms in total. The maximum Gasteiger partial charge on any atom is 0.125 e. The van der Waals surface area contributed by atoms with Crippen LogP contribution in [0.5, 0.6) is 5.75 Å².